The molecule has 0 radical (unpaired) electrons. The number of hydrogen-bond acceptors (Lipinski definition) is 3. The van der Waals surface area contributed by atoms with E-state index in [-0.39, 0.29) is 11.5 Å². The molecule has 6 heteroatoms. The van der Waals surface area contributed by atoms with Crippen molar-refractivity contribution in [3.05, 3.63) is 59.7 Å². The molecule has 2 atom stereocenters. The molecule has 0 aromatic heterocycles. The number of halogens is 2. The lowest BCUT2D eigenvalue weighted by Crippen LogP contribution is -3.08. The van der Waals surface area contributed by atoms with Gasteiger partial charge in [0.05, 0.1) is 14.2 Å². The van der Waals surface area contributed by atoms with Crippen molar-refractivity contribution < 1.29 is 28.3 Å². The van der Waals surface area contributed by atoms with E-state index in [2.05, 4.69) is 4.74 Å². The molecule has 0 aliphatic carbocycles. The first kappa shape index (κ1) is 18.2. The Hall–Kier alpha value is -2.18. The van der Waals surface area contributed by atoms with Crippen LogP contribution in [0.4, 0.5) is 8.78 Å². The maximum atomic E-state index is 12.3. The van der Waals surface area contributed by atoms with Crippen LogP contribution in [0.25, 0.3) is 0 Å². The van der Waals surface area contributed by atoms with Gasteiger partial charge in [0.1, 0.15) is 19.2 Å². The smallest absolute Gasteiger partial charge is 0.387 e. The van der Waals surface area contributed by atoms with Crippen molar-refractivity contribution in [3.8, 4) is 11.5 Å². The largest absolute Gasteiger partial charge is 0.493 e. The lowest BCUT2D eigenvalue weighted by molar-refractivity contribution is -0.897. The van der Waals surface area contributed by atoms with Gasteiger partial charge in [-0.3, -0.25) is 0 Å². The van der Waals surface area contributed by atoms with Gasteiger partial charge in [0.15, 0.2) is 11.5 Å². The molecule has 0 saturated carbocycles. The molecule has 0 aliphatic rings. The number of aliphatic hydroxyl groups excluding tert-OH is 1. The third-order valence-electron chi connectivity index (χ3n) is 3.68. The highest BCUT2D eigenvalue weighted by atomic mass is 19.3. The van der Waals surface area contributed by atoms with E-state index in [0.29, 0.717) is 13.1 Å². The fourth-order valence-corrected chi connectivity index (χ4v) is 2.56. The van der Waals surface area contributed by atoms with E-state index in [1.165, 1.54) is 13.2 Å². The molecule has 0 saturated heterocycles. The van der Waals surface area contributed by atoms with E-state index < -0.39 is 12.7 Å². The first-order valence-corrected chi connectivity index (χ1v) is 7.65. The van der Waals surface area contributed by atoms with Crippen LogP contribution in [0, 0.1) is 0 Å². The molecule has 1 unspecified atom stereocenters. The summed E-state index contributed by atoms with van der Waals surface area (Å²) in [5, 5.41) is 10.3. The Bertz CT molecular complexity index is 637. The summed E-state index contributed by atoms with van der Waals surface area (Å²) in [7, 11) is 3.37. The molecule has 0 spiro atoms. The van der Waals surface area contributed by atoms with Crippen molar-refractivity contribution in [2.45, 2.75) is 19.3 Å². The Balaban J connectivity index is 1.99. The Morgan fingerprint density at radius 2 is 1.79 bits per heavy atom. The predicted molar refractivity (Wildman–Crippen MR) is 86.5 cm³/mol. The second-order valence-electron chi connectivity index (χ2n) is 5.63. The second kappa shape index (κ2) is 8.61. The molecule has 24 heavy (non-hydrogen) atoms. The third kappa shape index (κ3) is 5.18. The van der Waals surface area contributed by atoms with Crippen LogP contribution in [0.2, 0.25) is 0 Å². The van der Waals surface area contributed by atoms with Gasteiger partial charge in [-0.15, -0.1) is 0 Å². The van der Waals surface area contributed by atoms with Crippen LogP contribution in [-0.2, 0) is 6.54 Å². The maximum absolute atomic E-state index is 12.3. The first-order chi connectivity index (χ1) is 11.5. The molecule has 0 amide bonds. The topological polar surface area (TPSA) is 43.1 Å². The average molecular weight is 338 g/mol. The number of alkyl halides is 2. The van der Waals surface area contributed by atoms with Crippen LogP contribution in [0.1, 0.15) is 17.2 Å². The molecule has 4 nitrogen and oxygen atoms in total. The van der Waals surface area contributed by atoms with Gasteiger partial charge < -0.3 is 19.5 Å². The number of ether oxygens (including phenoxy) is 2. The zero-order chi connectivity index (χ0) is 17.5. The second-order valence-corrected chi connectivity index (χ2v) is 5.63. The highest BCUT2D eigenvalue weighted by Crippen LogP contribution is 2.29. The normalized spacial score (nSPS) is 13.6. The van der Waals surface area contributed by atoms with Gasteiger partial charge in [-0.1, -0.05) is 30.3 Å². The summed E-state index contributed by atoms with van der Waals surface area (Å²) in [6.45, 7) is -1.74. The molecule has 0 bridgehead atoms. The van der Waals surface area contributed by atoms with Gasteiger partial charge in [-0.2, -0.15) is 8.78 Å². The molecule has 0 heterocycles. The monoisotopic (exact) mass is 338 g/mol. The molecule has 2 N–H and O–H groups in total. The lowest BCUT2D eigenvalue weighted by Gasteiger charge is -2.19. The molecule has 2 aromatic rings. The summed E-state index contributed by atoms with van der Waals surface area (Å²) < 4.78 is 34.2. The van der Waals surface area contributed by atoms with Crippen molar-refractivity contribution in [3.63, 3.8) is 0 Å². The van der Waals surface area contributed by atoms with Gasteiger partial charge >= 0.3 is 6.61 Å². The Kier molecular flexibility index (Phi) is 6.52. The van der Waals surface area contributed by atoms with Gasteiger partial charge in [0.2, 0.25) is 0 Å². The zero-order valence-electron chi connectivity index (χ0n) is 13.7. The van der Waals surface area contributed by atoms with Crippen LogP contribution in [0.5, 0.6) is 11.5 Å². The Labute approximate surface area is 140 Å². The van der Waals surface area contributed by atoms with Crippen molar-refractivity contribution in [2.24, 2.45) is 0 Å². The Morgan fingerprint density at radius 1 is 1.08 bits per heavy atom. The highest BCUT2D eigenvalue weighted by Gasteiger charge is 2.16. The standard InChI is InChI=1S/C18H21F2NO3/c1-21(12-15(22)14-6-4-3-5-7-14)11-13-8-9-16(24-18(19)20)17(10-13)23-2/h3-10,15,18,22H,11-12H2,1-2H3/p+1/t15-/m1/s1. The molecular weight excluding hydrogens is 316 g/mol. The fraction of sp³-hybridized carbons (Fsp3) is 0.333. The minimum Gasteiger partial charge on any atom is -0.493 e. The summed E-state index contributed by atoms with van der Waals surface area (Å²) in [5.41, 5.74) is 1.78. The molecule has 0 fully saturated rings. The number of methoxy groups -OCH3 is 1. The highest BCUT2D eigenvalue weighted by molar-refractivity contribution is 5.42. The van der Waals surface area contributed by atoms with E-state index >= 15 is 0 Å². The number of aliphatic hydroxyl groups is 1. The van der Waals surface area contributed by atoms with Gasteiger partial charge in [-0.25, -0.2) is 0 Å². The fourth-order valence-electron chi connectivity index (χ4n) is 2.56. The summed E-state index contributed by atoms with van der Waals surface area (Å²) in [6, 6.07) is 14.3. The van der Waals surface area contributed by atoms with E-state index in [1.54, 1.807) is 12.1 Å². The van der Waals surface area contributed by atoms with Crippen molar-refractivity contribution in [1.82, 2.24) is 0 Å². The summed E-state index contributed by atoms with van der Waals surface area (Å²) >= 11 is 0. The van der Waals surface area contributed by atoms with Crippen LogP contribution < -0.4 is 14.4 Å². The van der Waals surface area contributed by atoms with Crippen LogP contribution >= 0.6 is 0 Å². The van der Waals surface area contributed by atoms with Crippen LogP contribution in [0.3, 0.4) is 0 Å². The summed E-state index contributed by atoms with van der Waals surface area (Å²) in [5.74, 6) is 0.280. The SMILES string of the molecule is COc1cc(C[NH+](C)C[C@@H](O)c2ccccc2)ccc1OC(F)F. The molecule has 130 valence electrons. The quantitative estimate of drug-likeness (QED) is 0.774. The zero-order valence-corrected chi connectivity index (χ0v) is 13.7. The van der Waals surface area contributed by atoms with Gasteiger partial charge in [0.25, 0.3) is 0 Å². The number of nitrogens with one attached hydrogen (secondary N) is 1. The van der Waals surface area contributed by atoms with Gasteiger partial charge in [-0.05, 0) is 23.8 Å². The number of likely N-dealkylation sites (N-methyl/N-ethyl adjacent to an activating group) is 1. The van der Waals surface area contributed by atoms with Gasteiger partial charge in [0, 0.05) is 5.56 Å². The number of quaternary nitrogens is 1. The number of rotatable bonds is 8. The molecular formula is C18H22F2NO3+. The third-order valence-corrected chi connectivity index (χ3v) is 3.68. The molecule has 0 aliphatic heterocycles. The average Bonchev–Trinajstić information content (AvgIpc) is 2.56. The van der Waals surface area contributed by atoms with Crippen molar-refractivity contribution in [2.75, 3.05) is 20.7 Å². The number of hydrogen-bond donors (Lipinski definition) is 2. The summed E-state index contributed by atoms with van der Waals surface area (Å²) in [6.07, 6.45) is -0.561. The van der Waals surface area contributed by atoms with E-state index in [9.17, 15) is 13.9 Å². The van der Waals surface area contributed by atoms with Crippen LogP contribution in [-0.4, -0.2) is 32.4 Å². The maximum Gasteiger partial charge on any atom is 0.387 e. The lowest BCUT2D eigenvalue weighted by atomic mass is 10.1. The molecule has 2 rings (SSSR count). The van der Waals surface area contributed by atoms with Crippen LogP contribution in [0.15, 0.2) is 48.5 Å². The minimum absolute atomic E-state index is 0.0122. The van der Waals surface area contributed by atoms with E-state index in [1.807, 2.05) is 37.4 Å². The summed E-state index contributed by atoms with van der Waals surface area (Å²) in [4.78, 5) is 1.08. The Morgan fingerprint density at radius 3 is 2.42 bits per heavy atom. The van der Waals surface area contributed by atoms with Crippen molar-refractivity contribution >= 4 is 0 Å². The van der Waals surface area contributed by atoms with Crippen molar-refractivity contribution in [1.29, 1.82) is 0 Å². The predicted octanol–water partition coefficient (Wildman–Crippen LogP) is 2.04. The minimum atomic E-state index is -2.89. The van der Waals surface area contributed by atoms with E-state index in [0.717, 1.165) is 16.0 Å². The molecule has 2 aromatic carbocycles. The number of benzene rings is 2. The van der Waals surface area contributed by atoms with E-state index in [4.69, 9.17) is 4.74 Å². The first-order valence-electron chi connectivity index (χ1n) is 7.65.